The van der Waals surface area contributed by atoms with Gasteiger partial charge in [-0.1, -0.05) is 53.2 Å². The van der Waals surface area contributed by atoms with E-state index in [2.05, 4.69) is 30.9 Å². The van der Waals surface area contributed by atoms with Crippen LogP contribution in [-0.4, -0.2) is 40.9 Å². The predicted molar refractivity (Wildman–Crippen MR) is 130 cm³/mol. The van der Waals surface area contributed by atoms with Crippen LogP contribution in [-0.2, 0) is 13.9 Å². The number of hydrogen-bond donors (Lipinski definition) is 2. The van der Waals surface area contributed by atoms with Crippen molar-refractivity contribution in [2.45, 2.75) is 67.9 Å². The van der Waals surface area contributed by atoms with Crippen LogP contribution in [0.3, 0.4) is 0 Å². The molecule has 0 spiro atoms. The lowest BCUT2D eigenvalue weighted by Gasteiger charge is -2.36. The highest BCUT2D eigenvalue weighted by Crippen LogP contribution is 2.52. The molecule has 0 radical (unpaired) electrons. The fourth-order valence-electron chi connectivity index (χ4n) is 4.15. The quantitative estimate of drug-likeness (QED) is 0.590. The van der Waals surface area contributed by atoms with Crippen LogP contribution in [0.1, 0.15) is 60.5 Å². The Labute approximate surface area is 191 Å². The largest absolute Gasteiger partial charge is 0.509 e. The number of nitrogens with one attached hydrogen (secondary N) is 1. The van der Waals surface area contributed by atoms with E-state index in [9.17, 15) is 14.5 Å². The molecule has 1 aromatic carbocycles. The lowest BCUT2D eigenvalue weighted by molar-refractivity contribution is -0.128. The maximum atomic E-state index is 13.7. The van der Waals surface area contributed by atoms with Gasteiger partial charge in [0.25, 0.3) is 5.91 Å². The summed E-state index contributed by atoms with van der Waals surface area (Å²) in [6.45, 7) is 16.7. The topological polar surface area (TPSA) is 91.2 Å². The molecule has 2 N–H and O–H groups in total. The molecular weight excluding hydrogens is 425 g/mol. The minimum absolute atomic E-state index is 0.0309. The van der Waals surface area contributed by atoms with Crippen molar-refractivity contribution in [2.75, 3.05) is 18.5 Å². The lowest BCUT2D eigenvalue weighted by atomic mass is 9.84. The number of aliphatic hydroxyl groups is 1. The SMILES string of the molecule is CCOP1(=O)N=C(C2=C(O)C(C(C)(C)C)N(CCC(C)(C)C)C2=O)Nc2ccc(C)cc21. The third-order valence-electron chi connectivity index (χ3n) is 5.71. The molecule has 2 unspecified atom stereocenters. The van der Waals surface area contributed by atoms with Crippen LogP contribution in [0.2, 0.25) is 0 Å². The predicted octanol–water partition coefficient (Wildman–Crippen LogP) is 5.18. The number of aryl methyl sites for hydroxylation is 1. The van der Waals surface area contributed by atoms with Crippen molar-refractivity contribution >= 4 is 30.3 Å². The van der Waals surface area contributed by atoms with E-state index in [0.29, 0.717) is 17.5 Å². The zero-order valence-electron chi connectivity index (χ0n) is 20.4. The van der Waals surface area contributed by atoms with E-state index in [1.54, 1.807) is 24.0 Å². The molecule has 1 aromatic rings. The normalized spacial score (nSPS) is 23.9. The Bertz CT molecular complexity index is 1030. The van der Waals surface area contributed by atoms with E-state index in [1.807, 2.05) is 33.8 Å². The van der Waals surface area contributed by atoms with E-state index < -0.39 is 19.0 Å². The monoisotopic (exact) mass is 461 g/mol. The van der Waals surface area contributed by atoms with E-state index in [-0.39, 0.29) is 35.1 Å². The highest BCUT2D eigenvalue weighted by Gasteiger charge is 2.48. The molecule has 2 aliphatic heterocycles. The van der Waals surface area contributed by atoms with Crippen LogP contribution < -0.4 is 10.6 Å². The standard InChI is InChI=1S/C24H36N3O4P/c1-9-31-32(30)17-14-15(2)10-11-16(17)25-21(26-32)18-19(28)20(24(6,7)8)27(22(18)29)13-12-23(3,4)5/h10-11,14,20,28H,9,12-13H2,1-8H3,(H,25,26,30). The van der Waals surface area contributed by atoms with Gasteiger partial charge in [-0.25, -0.2) is 0 Å². The minimum Gasteiger partial charge on any atom is -0.509 e. The van der Waals surface area contributed by atoms with Crippen LogP contribution >= 0.6 is 7.52 Å². The third-order valence-corrected chi connectivity index (χ3v) is 7.76. The number of amides is 1. The van der Waals surface area contributed by atoms with Crippen molar-refractivity contribution in [2.24, 2.45) is 15.6 Å². The first-order valence-corrected chi connectivity index (χ1v) is 12.7. The summed E-state index contributed by atoms with van der Waals surface area (Å²) in [5.41, 5.74) is 1.22. The lowest BCUT2D eigenvalue weighted by Crippen LogP contribution is -2.45. The highest BCUT2D eigenvalue weighted by molar-refractivity contribution is 7.66. The Morgan fingerprint density at radius 1 is 1.22 bits per heavy atom. The van der Waals surface area contributed by atoms with Crippen molar-refractivity contribution < 1.29 is 19.0 Å². The number of benzene rings is 1. The Morgan fingerprint density at radius 2 is 1.88 bits per heavy atom. The van der Waals surface area contributed by atoms with Crippen molar-refractivity contribution in [3.8, 4) is 0 Å². The summed E-state index contributed by atoms with van der Waals surface area (Å²) in [6.07, 6.45) is 0.783. The van der Waals surface area contributed by atoms with E-state index in [0.717, 1.165) is 12.0 Å². The Morgan fingerprint density at radius 3 is 2.44 bits per heavy atom. The Balaban J connectivity index is 2.10. The molecule has 8 heteroatoms. The second-order valence-corrected chi connectivity index (χ2v) is 12.9. The first-order valence-electron chi connectivity index (χ1n) is 11.2. The molecule has 1 amide bonds. The average molecular weight is 462 g/mol. The van der Waals surface area contributed by atoms with Gasteiger partial charge in [-0.2, -0.15) is 4.76 Å². The number of carbonyl (C=O) groups excluding carboxylic acids is 1. The van der Waals surface area contributed by atoms with E-state index >= 15 is 0 Å². The molecular formula is C24H36N3O4P. The number of aliphatic hydroxyl groups excluding tert-OH is 1. The number of carbonyl (C=O) groups is 1. The van der Waals surface area contributed by atoms with Crippen molar-refractivity contribution in [3.05, 3.63) is 35.1 Å². The van der Waals surface area contributed by atoms with Gasteiger partial charge in [-0.15, -0.1) is 0 Å². The van der Waals surface area contributed by atoms with Gasteiger partial charge in [-0.05, 0) is 43.2 Å². The number of amidine groups is 1. The van der Waals surface area contributed by atoms with Crippen LogP contribution in [0, 0.1) is 17.8 Å². The van der Waals surface area contributed by atoms with Crippen LogP contribution in [0.4, 0.5) is 5.69 Å². The molecule has 0 bridgehead atoms. The molecule has 0 saturated heterocycles. The van der Waals surface area contributed by atoms with Gasteiger partial charge in [-0.3, -0.25) is 9.36 Å². The van der Waals surface area contributed by atoms with Crippen molar-refractivity contribution in [1.82, 2.24) is 4.90 Å². The molecule has 3 rings (SSSR count). The van der Waals surface area contributed by atoms with Gasteiger partial charge in [0, 0.05) is 6.54 Å². The summed E-state index contributed by atoms with van der Waals surface area (Å²) >= 11 is 0. The summed E-state index contributed by atoms with van der Waals surface area (Å²) in [5.74, 6) is -0.244. The molecule has 176 valence electrons. The minimum atomic E-state index is -3.60. The van der Waals surface area contributed by atoms with Gasteiger partial charge in [0.1, 0.15) is 11.3 Å². The first-order chi connectivity index (χ1) is 14.7. The zero-order valence-corrected chi connectivity index (χ0v) is 21.3. The van der Waals surface area contributed by atoms with Crippen LogP contribution in [0.25, 0.3) is 0 Å². The molecule has 2 aliphatic rings. The van der Waals surface area contributed by atoms with Crippen molar-refractivity contribution in [1.29, 1.82) is 0 Å². The molecule has 0 aliphatic carbocycles. The van der Waals surface area contributed by atoms with Crippen LogP contribution in [0.15, 0.2) is 34.3 Å². The number of nitrogens with zero attached hydrogens (tertiary/aromatic N) is 2. The van der Waals surface area contributed by atoms with Gasteiger partial charge in [0.05, 0.1) is 23.6 Å². The molecule has 7 nitrogen and oxygen atoms in total. The Kier molecular flexibility index (Phi) is 6.40. The van der Waals surface area contributed by atoms with Crippen LogP contribution in [0.5, 0.6) is 0 Å². The second-order valence-electron chi connectivity index (χ2n) is 10.9. The first kappa shape index (κ1) is 24.5. The summed E-state index contributed by atoms with van der Waals surface area (Å²) in [6, 6.07) is 4.99. The van der Waals surface area contributed by atoms with Crippen molar-refractivity contribution in [3.63, 3.8) is 0 Å². The Hall–Kier alpha value is -2.11. The summed E-state index contributed by atoms with van der Waals surface area (Å²) < 4.78 is 23.8. The smallest absolute Gasteiger partial charge is 0.348 e. The van der Waals surface area contributed by atoms with Gasteiger partial charge in [0.2, 0.25) is 0 Å². The number of hydrogen-bond acceptors (Lipinski definition) is 5. The maximum Gasteiger partial charge on any atom is 0.348 e. The molecule has 2 atom stereocenters. The van der Waals surface area contributed by atoms with Gasteiger partial charge < -0.3 is 19.8 Å². The fourth-order valence-corrected chi connectivity index (χ4v) is 6.02. The van der Waals surface area contributed by atoms with Gasteiger partial charge >= 0.3 is 7.52 Å². The summed E-state index contributed by atoms with van der Waals surface area (Å²) in [5, 5.41) is 14.9. The van der Waals surface area contributed by atoms with E-state index in [4.69, 9.17) is 4.52 Å². The molecule has 0 fully saturated rings. The fraction of sp³-hybridized carbons (Fsp3) is 0.583. The number of anilines is 1. The summed E-state index contributed by atoms with van der Waals surface area (Å²) in [4.78, 5) is 15.3. The zero-order chi connectivity index (χ0) is 24.1. The number of rotatable bonds is 5. The molecule has 32 heavy (non-hydrogen) atoms. The molecule has 0 aromatic heterocycles. The average Bonchev–Trinajstić information content (AvgIpc) is 2.90. The number of fused-ring (bicyclic) bond motifs is 1. The second kappa shape index (κ2) is 8.35. The maximum absolute atomic E-state index is 13.7. The van der Waals surface area contributed by atoms with Gasteiger partial charge in [0.15, 0.2) is 5.84 Å². The molecule has 2 heterocycles. The van der Waals surface area contributed by atoms with E-state index in [1.165, 1.54) is 0 Å². The molecule has 0 saturated carbocycles. The third kappa shape index (κ3) is 4.65. The summed E-state index contributed by atoms with van der Waals surface area (Å²) in [7, 11) is -3.60. The highest BCUT2D eigenvalue weighted by atomic mass is 31.2.